The molecule has 0 aliphatic heterocycles. The molecule has 0 heterocycles. The Morgan fingerprint density at radius 2 is 1.74 bits per heavy atom. The normalized spacial score (nSPS) is 41.1. The molecule has 0 bridgehead atoms. The minimum Gasteiger partial charge on any atom is -0.508 e. The van der Waals surface area contributed by atoms with Gasteiger partial charge in [-0.05, 0) is 78.9 Å². The molecule has 1 aromatic rings. The summed E-state index contributed by atoms with van der Waals surface area (Å²) in [4.78, 5) is 0. The summed E-state index contributed by atoms with van der Waals surface area (Å²) in [6.45, 7) is 12.1. The van der Waals surface area contributed by atoms with E-state index in [0.717, 1.165) is 5.92 Å². The maximum absolute atomic E-state index is 10.7. The lowest BCUT2D eigenvalue weighted by Gasteiger charge is -2.61. The number of fused-ring (bicyclic) bond motifs is 5. The molecule has 4 atom stereocenters. The van der Waals surface area contributed by atoms with E-state index >= 15 is 0 Å². The van der Waals surface area contributed by atoms with Gasteiger partial charge in [-0.3, -0.25) is 0 Å². The minimum atomic E-state index is 0.172. The van der Waals surface area contributed by atoms with Gasteiger partial charge in [-0.25, -0.2) is 0 Å². The Labute approximate surface area is 141 Å². The molecule has 1 N–H and O–H groups in total. The van der Waals surface area contributed by atoms with Gasteiger partial charge < -0.3 is 5.11 Å². The Kier molecular flexibility index (Phi) is 3.08. The second-order valence-electron chi connectivity index (χ2n) is 9.93. The average Bonchev–Trinajstić information content (AvgIpc) is 2.71. The van der Waals surface area contributed by atoms with Crippen molar-refractivity contribution in [1.29, 1.82) is 0 Å². The molecule has 0 unspecified atom stereocenters. The Morgan fingerprint density at radius 1 is 1.00 bits per heavy atom. The van der Waals surface area contributed by atoms with Crippen LogP contribution in [-0.4, -0.2) is 5.11 Å². The molecule has 2 fully saturated rings. The smallest absolute Gasteiger partial charge is 0.119 e. The van der Waals surface area contributed by atoms with Crippen LogP contribution in [0.3, 0.4) is 0 Å². The van der Waals surface area contributed by atoms with Gasteiger partial charge in [0, 0.05) is 11.0 Å². The van der Waals surface area contributed by atoms with Gasteiger partial charge in [-0.1, -0.05) is 40.2 Å². The average molecular weight is 312 g/mol. The summed E-state index contributed by atoms with van der Waals surface area (Å²) in [7, 11) is 0. The quantitative estimate of drug-likeness (QED) is 0.646. The van der Waals surface area contributed by atoms with Gasteiger partial charge in [-0.2, -0.15) is 0 Å². The maximum Gasteiger partial charge on any atom is 0.119 e. The molecule has 0 spiro atoms. The van der Waals surface area contributed by atoms with E-state index in [-0.39, 0.29) is 5.41 Å². The Hall–Kier alpha value is -0.980. The molecule has 3 aliphatic rings. The zero-order chi connectivity index (χ0) is 16.6. The first-order valence-electron chi connectivity index (χ1n) is 9.51. The first kappa shape index (κ1) is 15.5. The Balaban J connectivity index is 1.84. The van der Waals surface area contributed by atoms with E-state index in [4.69, 9.17) is 0 Å². The fourth-order valence-electron chi connectivity index (χ4n) is 7.29. The number of rotatable bonds is 0. The summed E-state index contributed by atoms with van der Waals surface area (Å²) in [6, 6.07) is 4.32. The van der Waals surface area contributed by atoms with Crippen LogP contribution in [0.4, 0.5) is 0 Å². The highest BCUT2D eigenvalue weighted by Gasteiger charge is 2.61. The number of phenolic OH excluding ortho intramolecular Hbond substituents is 1. The van der Waals surface area contributed by atoms with Crippen LogP contribution in [0.1, 0.15) is 76.5 Å². The third kappa shape index (κ3) is 1.91. The fourth-order valence-corrected chi connectivity index (χ4v) is 7.29. The van der Waals surface area contributed by atoms with Crippen molar-refractivity contribution in [2.24, 2.45) is 22.7 Å². The zero-order valence-electron chi connectivity index (χ0n) is 15.5. The molecule has 3 aliphatic carbocycles. The van der Waals surface area contributed by atoms with Crippen LogP contribution in [0.2, 0.25) is 0 Å². The lowest BCUT2D eigenvalue weighted by Crippen LogP contribution is -2.55. The molecule has 0 radical (unpaired) electrons. The molecule has 4 rings (SSSR count). The number of hydrogen-bond acceptors (Lipinski definition) is 1. The van der Waals surface area contributed by atoms with Crippen LogP contribution < -0.4 is 0 Å². The molecular weight excluding hydrogens is 280 g/mol. The summed E-state index contributed by atoms with van der Waals surface area (Å²) in [6.07, 6.45) is 7.86. The van der Waals surface area contributed by atoms with Crippen LogP contribution in [0.15, 0.2) is 12.1 Å². The highest BCUT2D eigenvalue weighted by molar-refractivity contribution is 5.52. The van der Waals surface area contributed by atoms with E-state index < -0.39 is 0 Å². The van der Waals surface area contributed by atoms with Crippen molar-refractivity contribution < 1.29 is 5.11 Å². The van der Waals surface area contributed by atoms with Crippen molar-refractivity contribution in [3.63, 3.8) is 0 Å². The van der Waals surface area contributed by atoms with Crippen LogP contribution in [0.5, 0.6) is 5.75 Å². The lowest BCUT2D eigenvalue weighted by molar-refractivity contribution is -0.0984. The number of benzene rings is 1. The number of hydrogen-bond donors (Lipinski definition) is 1. The largest absolute Gasteiger partial charge is 0.508 e. The summed E-state index contributed by atoms with van der Waals surface area (Å²) in [5, 5.41) is 10.7. The van der Waals surface area contributed by atoms with Gasteiger partial charge in [-0.15, -0.1) is 0 Å². The third-order valence-corrected chi connectivity index (χ3v) is 8.13. The first-order chi connectivity index (χ1) is 10.7. The first-order valence-corrected chi connectivity index (χ1v) is 9.51. The van der Waals surface area contributed by atoms with Gasteiger partial charge >= 0.3 is 0 Å². The SMILES string of the molecule is Cc1cc(O)c2c(c1)C[C@@H]1[C@@]3(C)CCCC(C)(C)[C@@H]3CC[C@]21C. The maximum atomic E-state index is 10.7. The van der Waals surface area contributed by atoms with E-state index in [2.05, 4.69) is 40.7 Å². The van der Waals surface area contributed by atoms with Crippen LogP contribution in [0, 0.1) is 29.6 Å². The zero-order valence-corrected chi connectivity index (χ0v) is 15.5. The van der Waals surface area contributed by atoms with Crippen molar-refractivity contribution in [1.82, 2.24) is 0 Å². The molecule has 0 aromatic heterocycles. The van der Waals surface area contributed by atoms with Crippen LogP contribution in [0.25, 0.3) is 0 Å². The number of aryl methyl sites for hydroxylation is 1. The predicted molar refractivity (Wildman–Crippen MR) is 95.9 cm³/mol. The molecule has 2 saturated carbocycles. The van der Waals surface area contributed by atoms with Crippen LogP contribution >= 0.6 is 0 Å². The monoisotopic (exact) mass is 312 g/mol. The topological polar surface area (TPSA) is 20.2 Å². The summed E-state index contributed by atoms with van der Waals surface area (Å²) < 4.78 is 0. The molecular formula is C22H32O. The second-order valence-corrected chi connectivity index (χ2v) is 9.93. The van der Waals surface area contributed by atoms with Crippen molar-refractivity contribution in [3.05, 3.63) is 28.8 Å². The molecule has 0 amide bonds. The van der Waals surface area contributed by atoms with E-state index in [1.54, 1.807) is 0 Å². The molecule has 126 valence electrons. The van der Waals surface area contributed by atoms with E-state index in [9.17, 15) is 5.11 Å². The standard InChI is InChI=1S/C22H32O/c1-14-11-15-13-18-21(4)9-6-8-20(2,3)17(21)7-10-22(18,5)19(15)16(23)12-14/h11-12,17-18,23H,6-10,13H2,1-5H3/t17-,18+,21-,22-/m0/s1. The molecule has 1 heteroatoms. The Bertz CT molecular complexity index is 658. The second kappa shape index (κ2) is 4.55. The number of phenols is 1. The summed E-state index contributed by atoms with van der Waals surface area (Å²) >= 11 is 0. The van der Waals surface area contributed by atoms with Crippen molar-refractivity contribution >= 4 is 0 Å². The molecule has 0 saturated heterocycles. The van der Waals surface area contributed by atoms with Crippen molar-refractivity contribution in [3.8, 4) is 5.75 Å². The van der Waals surface area contributed by atoms with Gasteiger partial charge in [0.2, 0.25) is 0 Å². The Morgan fingerprint density at radius 3 is 2.48 bits per heavy atom. The van der Waals surface area contributed by atoms with Crippen molar-refractivity contribution in [2.75, 3.05) is 0 Å². The lowest BCUT2D eigenvalue weighted by atomic mass is 9.43. The molecule has 23 heavy (non-hydrogen) atoms. The molecule has 1 nitrogen and oxygen atoms in total. The fraction of sp³-hybridized carbons (Fsp3) is 0.727. The minimum absolute atomic E-state index is 0.172. The van der Waals surface area contributed by atoms with Crippen molar-refractivity contribution in [2.45, 2.75) is 78.6 Å². The highest BCUT2D eigenvalue weighted by atomic mass is 16.3. The van der Waals surface area contributed by atoms with E-state index in [1.165, 1.54) is 55.2 Å². The predicted octanol–water partition coefficient (Wildman–Crippen LogP) is 5.76. The third-order valence-electron chi connectivity index (χ3n) is 8.13. The summed E-state index contributed by atoms with van der Waals surface area (Å²) in [5.74, 6) is 2.08. The van der Waals surface area contributed by atoms with E-state index in [1.807, 2.05) is 6.07 Å². The number of aromatic hydroxyl groups is 1. The van der Waals surface area contributed by atoms with Gasteiger partial charge in [0.25, 0.3) is 0 Å². The van der Waals surface area contributed by atoms with Gasteiger partial charge in [0.1, 0.15) is 5.75 Å². The van der Waals surface area contributed by atoms with Gasteiger partial charge in [0.05, 0.1) is 0 Å². The molecule has 1 aromatic carbocycles. The summed E-state index contributed by atoms with van der Waals surface area (Å²) in [5.41, 5.74) is 4.99. The van der Waals surface area contributed by atoms with E-state index in [0.29, 0.717) is 22.5 Å². The van der Waals surface area contributed by atoms with Gasteiger partial charge in [0.15, 0.2) is 0 Å². The van der Waals surface area contributed by atoms with Crippen LogP contribution in [-0.2, 0) is 11.8 Å². The highest BCUT2D eigenvalue weighted by Crippen LogP contribution is 2.68.